The lowest BCUT2D eigenvalue weighted by Crippen LogP contribution is -2.45. The van der Waals surface area contributed by atoms with Gasteiger partial charge in [-0.25, -0.2) is 0 Å². The van der Waals surface area contributed by atoms with E-state index in [1.807, 2.05) is 24.3 Å². The molecule has 2 N–H and O–H groups in total. The van der Waals surface area contributed by atoms with Crippen LogP contribution in [0.5, 0.6) is 0 Å². The summed E-state index contributed by atoms with van der Waals surface area (Å²) in [5, 5.41) is 7.00. The van der Waals surface area contributed by atoms with Crippen LogP contribution in [0.1, 0.15) is 51.0 Å². The molecule has 2 aromatic rings. The van der Waals surface area contributed by atoms with E-state index in [1.165, 1.54) is 0 Å². The highest BCUT2D eigenvalue weighted by atomic mass is 35.5. The quantitative estimate of drug-likeness (QED) is 0.620. The Balaban J connectivity index is 1.22. The van der Waals surface area contributed by atoms with Gasteiger partial charge in [0.05, 0.1) is 0 Å². The van der Waals surface area contributed by atoms with Crippen LogP contribution in [0.25, 0.3) is 0 Å². The summed E-state index contributed by atoms with van der Waals surface area (Å²) in [4.78, 5) is 38.9. The van der Waals surface area contributed by atoms with Gasteiger partial charge in [-0.1, -0.05) is 30.7 Å². The molecule has 32 heavy (non-hydrogen) atoms. The summed E-state index contributed by atoms with van der Waals surface area (Å²) in [5.74, 6) is 1.23. The van der Waals surface area contributed by atoms with Crippen LogP contribution in [0.4, 0.5) is 11.4 Å². The molecule has 2 aliphatic rings. The second-order valence-electron chi connectivity index (χ2n) is 9.49. The number of carbonyl (C=O) groups is 1. The van der Waals surface area contributed by atoms with Crippen molar-refractivity contribution < 1.29 is 4.79 Å². The predicted octanol–water partition coefficient (Wildman–Crippen LogP) is 3.71. The Morgan fingerprint density at radius 3 is 2.31 bits per heavy atom. The number of rotatable bonds is 7. The molecule has 0 bridgehead atoms. The standard InChI is InChI=1S/C25H32ClN3O3/c1-16-10-12-29(13-11-16)22-21(23(30)24(22)31)27-14-17-2-6-19(7-3-17)25(32)28-15-18-4-8-20(26)9-5-18/h4-5,8-9,16-17,19,27H,2-3,6-7,10-15H2,1H3,(H,28,32). The maximum atomic E-state index is 12.5. The molecule has 7 heteroatoms. The minimum atomic E-state index is -0.381. The summed E-state index contributed by atoms with van der Waals surface area (Å²) in [5.41, 5.74) is 1.41. The van der Waals surface area contributed by atoms with Crippen LogP contribution in [-0.2, 0) is 11.3 Å². The van der Waals surface area contributed by atoms with Crippen molar-refractivity contribution in [3.63, 3.8) is 0 Å². The van der Waals surface area contributed by atoms with Gasteiger partial charge in [0.1, 0.15) is 11.4 Å². The number of piperidine rings is 1. The summed E-state index contributed by atoms with van der Waals surface area (Å²) in [6, 6.07) is 7.50. The van der Waals surface area contributed by atoms with Crippen molar-refractivity contribution in [2.45, 2.75) is 52.0 Å². The molecular formula is C25H32ClN3O3. The summed E-state index contributed by atoms with van der Waals surface area (Å²) in [6.45, 7) is 5.11. The lowest BCUT2D eigenvalue weighted by molar-refractivity contribution is -0.126. The molecule has 0 radical (unpaired) electrons. The number of amides is 1. The van der Waals surface area contributed by atoms with Crippen molar-refractivity contribution in [3.8, 4) is 0 Å². The van der Waals surface area contributed by atoms with Gasteiger partial charge in [-0.15, -0.1) is 0 Å². The molecule has 4 rings (SSSR count). The number of carbonyl (C=O) groups excluding carboxylic acids is 1. The van der Waals surface area contributed by atoms with E-state index >= 15 is 0 Å². The molecular weight excluding hydrogens is 426 g/mol. The largest absolute Gasteiger partial charge is 0.380 e. The lowest BCUT2D eigenvalue weighted by Gasteiger charge is -2.34. The number of hydrogen-bond donors (Lipinski definition) is 2. The third-order valence-corrected chi connectivity index (χ3v) is 7.40. The van der Waals surface area contributed by atoms with E-state index in [4.69, 9.17) is 11.6 Å². The number of anilines is 2. The van der Waals surface area contributed by atoms with Crippen LogP contribution < -0.4 is 26.4 Å². The Morgan fingerprint density at radius 1 is 1.00 bits per heavy atom. The van der Waals surface area contributed by atoms with Gasteiger partial charge in [-0.3, -0.25) is 14.4 Å². The fourth-order valence-corrected chi connectivity index (χ4v) is 5.01. The van der Waals surface area contributed by atoms with E-state index in [1.54, 1.807) is 0 Å². The zero-order chi connectivity index (χ0) is 22.7. The summed E-state index contributed by atoms with van der Waals surface area (Å²) < 4.78 is 0. The number of nitrogens with one attached hydrogen (secondary N) is 2. The molecule has 0 aromatic heterocycles. The van der Waals surface area contributed by atoms with Crippen molar-refractivity contribution >= 4 is 28.9 Å². The molecule has 0 atom stereocenters. The Labute approximate surface area is 194 Å². The highest BCUT2D eigenvalue weighted by molar-refractivity contribution is 6.30. The zero-order valence-corrected chi connectivity index (χ0v) is 19.4. The topological polar surface area (TPSA) is 78.5 Å². The first-order valence-electron chi connectivity index (χ1n) is 11.8. The molecule has 6 nitrogen and oxygen atoms in total. The van der Waals surface area contributed by atoms with Gasteiger partial charge < -0.3 is 15.5 Å². The first-order valence-corrected chi connectivity index (χ1v) is 12.1. The van der Waals surface area contributed by atoms with E-state index in [0.29, 0.717) is 41.3 Å². The number of hydrogen-bond acceptors (Lipinski definition) is 5. The van der Waals surface area contributed by atoms with Crippen LogP contribution in [0.2, 0.25) is 5.02 Å². The number of benzene rings is 1. The van der Waals surface area contributed by atoms with E-state index in [2.05, 4.69) is 22.5 Å². The lowest BCUT2D eigenvalue weighted by atomic mass is 9.81. The predicted molar refractivity (Wildman–Crippen MR) is 129 cm³/mol. The van der Waals surface area contributed by atoms with Gasteiger partial charge in [-0.2, -0.15) is 0 Å². The van der Waals surface area contributed by atoms with Gasteiger partial charge in [-0.05, 0) is 68.1 Å². The molecule has 0 unspecified atom stereocenters. The fraction of sp³-hybridized carbons (Fsp3) is 0.560. The van der Waals surface area contributed by atoms with Crippen LogP contribution in [0.3, 0.4) is 0 Å². The molecule has 2 fully saturated rings. The van der Waals surface area contributed by atoms with Gasteiger partial charge in [0.2, 0.25) is 5.91 Å². The van der Waals surface area contributed by atoms with Gasteiger partial charge in [0.15, 0.2) is 0 Å². The molecule has 0 spiro atoms. The molecule has 1 saturated carbocycles. The molecule has 2 aromatic carbocycles. The normalized spacial score (nSPS) is 22.1. The average Bonchev–Trinajstić information content (AvgIpc) is 2.82. The SMILES string of the molecule is CC1CCN(c2c(NCC3CCC(C(=O)NCc4ccc(Cl)cc4)CC3)c(=O)c2=O)CC1. The van der Waals surface area contributed by atoms with E-state index in [9.17, 15) is 14.4 Å². The molecule has 1 saturated heterocycles. The van der Waals surface area contributed by atoms with E-state index in [0.717, 1.165) is 57.2 Å². The minimum absolute atomic E-state index is 0.0376. The van der Waals surface area contributed by atoms with Crippen molar-refractivity contribution in [2.75, 3.05) is 29.9 Å². The van der Waals surface area contributed by atoms with Crippen molar-refractivity contribution in [1.82, 2.24) is 5.32 Å². The van der Waals surface area contributed by atoms with E-state index < -0.39 is 0 Å². The van der Waals surface area contributed by atoms with Gasteiger partial charge >= 0.3 is 0 Å². The molecule has 1 amide bonds. The first-order chi connectivity index (χ1) is 15.4. The van der Waals surface area contributed by atoms with Crippen molar-refractivity contribution in [2.24, 2.45) is 17.8 Å². The van der Waals surface area contributed by atoms with Crippen LogP contribution >= 0.6 is 11.6 Å². The van der Waals surface area contributed by atoms with Crippen LogP contribution in [0, 0.1) is 17.8 Å². The third-order valence-electron chi connectivity index (χ3n) is 7.15. The fourth-order valence-electron chi connectivity index (χ4n) is 4.89. The summed E-state index contributed by atoms with van der Waals surface area (Å²) in [7, 11) is 0. The molecule has 1 aliphatic heterocycles. The average molecular weight is 458 g/mol. The molecule has 1 aliphatic carbocycles. The third kappa shape index (κ3) is 5.17. The second-order valence-corrected chi connectivity index (χ2v) is 9.93. The maximum Gasteiger partial charge on any atom is 0.253 e. The first kappa shape index (κ1) is 22.8. The highest BCUT2D eigenvalue weighted by Gasteiger charge is 2.30. The van der Waals surface area contributed by atoms with Gasteiger partial charge in [0, 0.05) is 37.1 Å². The van der Waals surface area contributed by atoms with Crippen LogP contribution in [-0.4, -0.2) is 25.5 Å². The Morgan fingerprint density at radius 2 is 1.66 bits per heavy atom. The van der Waals surface area contributed by atoms with Crippen molar-refractivity contribution in [3.05, 3.63) is 55.3 Å². The monoisotopic (exact) mass is 457 g/mol. The maximum absolute atomic E-state index is 12.5. The second kappa shape index (κ2) is 10.1. The highest BCUT2D eigenvalue weighted by Crippen LogP contribution is 2.31. The molecule has 172 valence electrons. The Hall–Kier alpha value is -2.34. The van der Waals surface area contributed by atoms with Crippen LogP contribution in [0.15, 0.2) is 33.9 Å². The van der Waals surface area contributed by atoms with E-state index in [-0.39, 0.29) is 22.7 Å². The Bertz CT molecular complexity index is 997. The minimum Gasteiger partial charge on any atom is -0.380 e. The number of nitrogens with zero attached hydrogens (tertiary/aromatic N) is 1. The van der Waals surface area contributed by atoms with Crippen molar-refractivity contribution in [1.29, 1.82) is 0 Å². The number of halogens is 1. The summed E-state index contributed by atoms with van der Waals surface area (Å²) >= 11 is 5.90. The van der Waals surface area contributed by atoms with Gasteiger partial charge in [0.25, 0.3) is 10.9 Å². The Kier molecular flexibility index (Phi) is 7.19. The summed E-state index contributed by atoms with van der Waals surface area (Å²) in [6.07, 6.45) is 5.70. The molecule has 1 heterocycles. The smallest absolute Gasteiger partial charge is 0.253 e. The zero-order valence-electron chi connectivity index (χ0n) is 18.7.